The maximum atomic E-state index is 5.77. The summed E-state index contributed by atoms with van der Waals surface area (Å²) in [7, 11) is 0. The van der Waals surface area contributed by atoms with Crippen LogP contribution < -0.4 is 11.3 Å². The van der Waals surface area contributed by atoms with Crippen LogP contribution in [0.25, 0.3) is 0 Å². The van der Waals surface area contributed by atoms with Crippen LogP contribution in [0.1, 0.15) is 44.7 Å². The van der Waals surface area contributed by atoms with Crippen LogP contribution in [-0.4, -0.2) is 0 Å². The molecule has 0 saturated heterocycles. The monoisotopic (exact) mass is 302 g/mol. The molecule has 0 aliphatic heterocycles. The van der Waals surface area contributed by atoms with Crippen LogP contribution in [0.15, 0.2) is 15.2 Å². The van der Waals surface area contributed by atoms with E-state index in [9.17, 15) is 0 Å². The lowest BCUT2D eigenvalue weighted by Crippen LogP contribution is -2.37. The summed E-state index contributed by atoms with van der Waals surface area (Å²) in [6.45, 7) is 4.71. The number of nitrogens with one attached hydrogen (secondary N) is 1. The fourth-order valence-corrected chi connectivity index (χ4v) is 4.49. The molecule has 1 fully saturated rings. The van der Waals surface area contributed by atoms with E-state index < -0.39 is 0 Å². The molecule has 1 heterocycles. The molecule has 2 nitrogen and oxygen atoms in total. The molecule has 4 heteroatoms. The van der Waals surface area contributed by atoms with Crippen LogP contribution in [-0.2, 0) is 0 Å². The summed E-state index contributed by atoms with van der Waals surface area (Å²) < 4.78 is 1.18. The van der Waals surface area contributed by atoms with Crippen LogP contribution in [0.3, 0.4) is 0 Å². The third-order valence-corrected chi connectivity index (χ3v) is 5.65. The van der Waals surface area contributed by atoms with Crippen LogP contribution >= 0.6 is 27.3 Å². The Labute approximate surface area is 110 Å². The first kappa shape index (κ1) is 12.6. The minimum atomic E-state index is 0.276. The number of hydrogen-bond donors (Lipinski definition) is 2. The van der Waals surface area contributed by atoms with Crippen molar-refractivity contribution >= 4 is 27.3 Å². The Morgan fingerprint density at radius 3 is 2.75 bits per heavy atom. The molecule has 1 aliphatic carbocycles. The summed E-state index contributed by atoms with van der Waals surface area (Å²) >= 11 is 5.33. The van der Waals surface area contributed by atoms with Gasteiger partial charge >= 0.3 is 0 Å². The molecule has 3 N–H and O–H groups in total. The van der Waals surface area contributed by atoms with E-state index in [0.29, 0.717) is 11.3 Å². The molecule has 16 heavy (non-hydrogen) atoms. The average Bonchev–Trinajstić information content (AvgIpc) is 2.77. The summed E-state index contributed by atoms with van der Waals surface area (Å²) in [5, 5.41) is 4.32. The number of rotatable bonds is 3. The van der Waals surface area contributed by atoms with Crippen molar-refractivity contribution in [3.05, 3.63) is 20.8 Å². The zero-order valence-electron chi connectivity index (χ0n) is 9.79. The van der Waals surface area contributed by atoms with E-state index in [1.165, 1.54) is 29.3 Å². The van der Waals surface area contributed by atoms with Gasteiger partial charge in [0.15, 0.2) is 0 Å². The van der Waals surface area contributed by atoms with Crippen molar-refractivity contribution in [1.82, 2.24) is 5.43 Å². The Morgan fingerprint density at radius 1 is 1.56 bits per heavy atom. The van der Waals surface area contributed by atoms with E-state index >= 15 is 0 Å². The highest BCUT2D eigenvalue weighted by atomic mass is 79.9. The lowest BCUT2D eigenvalue weighted by Gasteiger charge is -2.33. The first-order valence-electron chi connectivity index (χ1n) is 5.74. The minimum Gasteiger partial charge on any atom is -0.271 e. The van der Waals surface area contributed by atoms with E-state index in [1.54, 1.807) is 11.3 Å². The smallest absolute Gasteiger partial charge is 0.0512 e. The zero-order chi connectivity index (χ0) is 11.8. The van der Waals surface area contributed by atoms with Crippen molar-refractivity contribution in [3.8, 4) is 0 Å². The van der Waals surface area contributed by atoms with Gasteiger partial charge < -0.3 is 0 Å². The number of halogens is 1. The van der Waals surface area contributed by atoms with Gasteiger partial charge in [-0.05, 0) is 51.0 Å². The van der Waals surface area contributed by atoms with Gasteiger partial charge in [-0.25, -0.2) is 0 Å². The minimum absolute atomic E-state index is 0.276. The van der Waals surface area contributed by atoms with Crippen molar-refractivity contribution in [3.63, 3.8) is 0 Å². The maximum Gasteiger partial charge on any atom is 0.0512 e. The Morgan fingerprint density at radius 2 is 2.31 bits per heavy atom. The summed E-state index contributed by atoms with van der Waals surface area (Å²) in [6, 6.07) is 0.276. The Balaban J connectivity index is 2.27. The lowest BCUT2D eigenvalue weighted by atomic mass is 9.76. The van der Waals surface area contributed by atoms with E-state index in [1.807, 2.05) is 0 Å². The normalized spacial score (nSPS) is 25.9. The van der Waals surface area contributed by atoms with Crippen LogP contribution in [0, 0.1) is 11.3 Å². The molecule has 0 radical (unpaired) electrons. The number of hydrazine groups is 1. The summed E-state index contributed by atoms with van der Waals surface area (Å²) in [5.41, 5.74) is 4.72. The zero-order valence-corrected chi connectivity index (χ0v) is 12.2. The summed E-state index contributed by atoms with van der Waals surface area (Å²) in [4.78, 5) is 0. The highest BCUT2D eigenvalue weighted by molar-refractivity contribution is 9.10. The second-order valence-electron chi connectivity index (χ2n) is 5.31. The highest BCUT2D eigenvalue weighted by Gasteiger charge is 2.40. The van der Waals surface area contributed by atoms with Crippen molar-refractivity contribution in [1.29, 1.82) is 0 Å². The average molecular weight is 303 g/mol. The predicted molar refractivity (Wildman–Crippen MR) is 73.2 cm³/mol. The number of nitrogens with two attached hydrogens (primary N) is 1. The van der Waals surface area contributed by atoms with E-state index in [4.69, 9.17) is 5.84 Å². The molecule has 0 aromatic carbocycles. The van der Waals surface area contributed by atoms with Gasteiger partial charge in [-0.2, -0.15) is 11.3 Å². The largest absolute Gasteiger partial charge is 0.271 e. The third-order valence-electron chi connectivity index (χ3n) is 3.90. The Bertz CT molecular complexity index is 362. The van der Waals surface area contributed by atoms with Crippen molar-refractivity contribution in [2.24, 2.45) is 17.2 Å². The Hall–Kier alpha value is 0.100. The molecule has 1 aromatic heterocycles. The molecule has 1 aromatic rings. The SMILES string of the molecule is CC1(C)CCCC1C(NN)c1cscc1Br. The van der Waals surface area contributed by atoms with Gasteiger partial charge in [0.05, 0.1) is 6.04 Å². The fourth-order valence-electron chi connectivity index (χ4n) is 2.91. The molecule has 90 valence electrons. The van der Waals surface area contributed by atoms with E-state index in [0.717, 1.165) is 0 Å². The summed E-state index contributed by atoms with van der Waals surface area (Å²) in [6.07, 6.45) is 3.89. The maximum absolute atomic E-state index is 5.77. The second kappa shape index (κ2) is 4.77. The lowest BCUT2D eigenvalue weighted by molar-refractivity contribution is 0.198. The first-order chi connectivity index (χ1) is 7.56. The molecule has 1 saturated carbocycles. The van der Waals surface area contributed by atoms with Gasteiger partial charge in [-0.3, -0.25) is 11.3 Å². The van der Waals surface area contributed by atoms with Gasteiger partial charge in [0.2, 0.25) is 0 Å². The molecule has 2 rings (SSSR count). The first-order valence-corrected chi connectivity index (χ1v) is 7.47. The number of thiophene rings is 1. The van der Waals surface area contributed by atoms with Crippen LogP contribution in [0.5, 0.6) is 0 Å². The molecule has 0 spiro atoms. The summed E-state index contributed by atoms with van der Waals surface area (Å²) in [5.74, 6) is 6.40. The van der Waals surface area contributed by atoms with Gasteiger partial charge in [-0.15, -0.1) is 0 Å². The molecule has 0 bridgehead atoms. The van der Waals surface area contributed by atoms with E-state index in [-0.39, 0.29) is 6.04 Å². The van der Waals surface area contributed by atoms with Crippen molar-refractivity contribution in [2.45, 2.75) is 39.2 Å². The molecule has 2 atom stereocenters. The molecule has 2 unspecified atom stereocenters. The second-order valence-corrected chi connectivity index (χ2v) is 6.90. The van der Waals surface area contributed by atoms with Crippen molar-refractivity contribution in [2.75, 3.05) is 0 Å². The predicted octanol–water partition coefficient (Wildman–Crippen LogP) is 3.84. The fraction of sp³-hybridized carbons (Fsp3) is 0.667. The molecular formula is C12H19BrN2S. The number of hydrogen-bond acceptors (Lipinski definition) is 3. The van der Waals surface area contributed by atoms with Gasteiger partial charge in [0.25, 0.3) is 0 Å². The molecular weight excluding hydrogens is 284 g/mol. The van der Waals surface area contributed by atoms with E-state index in [2.05, 4.69) is 46.0 Å². The van der Waals surface area contributed by atoms with Gasteiger partial charge in [0.1, 0.15) is 0 Å². The van der Waals surface area contributed by atoms with Crippen LogP contribution in [0.4, 0.5) is 0 Å². The standard InChI is InChI=1S/C12H19BrN2S/c1-12(2)5-3-4-9(12)11(15-14)8-6-16-7-10(8)13/h6-7,9,11,15H,3-5,14H2,1-2H3. The van der Waals surface area contributed by atoms with Gasteiger partial charge in [-0.1, -0.05) is 20.3 Å². The molecule has 1 aliphatic rings. The quantitative estimate of drug-likeness (QED) is 0.657. The Kier molecular flexibility index (Phi) is 3.74. The van der Waals surface area contributed by atoms with Gasteiger partial charge in [0, 0.05) is 9.85 Å². The topological polar surface area (TPSA) is 38.0 Å². The third kappa shape index (κ3) is 2.21. The van der Waals surface area contributed by atoms with Crippen LogP contribution in [0.2, 0.25) is 0 Å². The highest BCUT2D eigenvalue weighted by Crippen LogP contribution is 2.49. The van der Waals surface area contributed by atoms with Crippen molar-refractivity contribution < 1.29 is 0 Å². The molecule has 0 amide bonds.